The number of nitrogens with zero attached hydrogens (tertiary/aromatic N) is 3. The van der Waals surface area contributed by atoms with E-state index in [0.717, 1.165) is 31.1 Å². The Kier molecular flexibility index (Phi) is 8.47. The summed E-state index contributed by atoms with van der Waals surface area (Å²) in [4.78, 5) is 33.0. The van der Waals surface area contributed by atoms with Crippen molar-refractivity contribution in [2.45, 2.75) is 45.4 Å². The Balaban J connectivity index is 1.60. The van der Waals surface area contributed by atoms with Crippen molar-refractivity contribution in [3.8, 4) is 0 Å². The second-order valence-electron chi connectivity index (χ2n) is 9.99. The van der Waals surface area contributed by atoms with Gasteiger partial charge < -0.3 is 19.9 Å². The first-order valence-corrected chi connectivity index (χ1v) is 11.9. The molecule has 1 aliphatic rings. The summed E-state index contributed by atoms with van der Waals surface area (Å²) >= 11 is 0. The first-order valence-electron chi connectivity index (χ1n) is 11.9. The number of esters is 1. The average molecular weight is 507 g/mol. The molecule has 196 valence electrons. The fourth-order valence-corrected chi connectivity index (χ4v) is 4.25. The molecule has 0 saturated carbocycles. The van der Waals surface area contributed by atoms with Crippen LogP contribution >= 0.6 is 0 Å². The Morgan fingerprint density at radius 2 is 1.75 bits per heavy atom. The van der Waals surface area contributed by atoms with Crippen LogP contribution in [0.2, 0.25) is 0 Å². The van der Waals surface area contributed by atoms with Crippen LogP contribution in [0, 0.1) is 5.92 Å². The molecule has 0 aliphatic carbocycles. The highest BCUT2D eigenvalue weighted by molar-refractivity contribution is 5.94. The molecule has 1 amide bonds. The third-order valence-corrected chi connectivity index (χ3v) is 6.00. The number of pyridine rings is 1. The lowest BCUT2D eigenvalue weighted by Gasteiger charge is -2.34. The molecule has 1 saturated heterocycles. The molecule has 0 atom stereocenters. The molecule has 0 unspecified atom stereocenters. The van der Waals surface area contributed by atoms with Crippen LogP contribution in [0.3, 0.4) is 0 Å². The number of likely N-dealkylation sites (tertiary alicyclic amines) is 1. The topological polar surface area (TPSA) is 74.8 Å². The van der Waals surface area contributed by atoms with Crippen molar-refractivity contribution in [1.82, 2.24) is 9.88 Å². The van der Waals surface area contributed by atoms with Gasteiger partial charge in [-0.3, -0.25) is 9.78 Å². The lowest BCUT2D eigenvalue weighted by atomic mass is 9.96. The summed E-state index contributed by atoms with van der Waals surface area (Å²) in [7, 11) is 2.01. The number of ether oxygens (including phenoxy) is 1. The minimum absolute atomic E-state index is 0.285. The highest BCUT2D eigenvalue weighted by Gasteiger charge is 2.39. The summed E-state index contributed by atoms with van der Waals surface area (Å²) in [5.74, 6) is -0.946. The van der Waals surface area contributed by atoms with Gasteiger partial charge in [-0.05, 0) is 63.8 Å². The Labute approximate surface area is 209 Å². The number of hydrogen-bond acceptors (Lipinski definition) is 6. The van der Waals surface area contributed by atoms with E-state index in [9.17, 15) is 22.8 Å². The molecule has 2 aromatic rings. The summed E-state index contributed by atoms with van der Waals surface area (Å²) < 4.78 is 46.9. The van der Waals surface area contributed by atoms with Crippen molar-refractivity contribution < 1.29 is 27.5 Å². The van der Waals surface area contributed by atoms with Crippen LogP contribution in [0.1, 0.15) is 49.5 Å². The van der Waals surface area contributed by atoms with Crippen molar-refractivity contribution in [3.63, 3.8) is 0 Å². The van der Waals surface area contributed by atoms with Crippen LogP contribution in [0.25, 0.3) is 0 Å². The van der Waals surface area contributed by atoms with Gasteiger partial charge in [0, 0.05) is 50.5 Å². The molecule has 2 heterocycles. The molecule has 0 bridgehead atoms. The van der Waals surface area contributed by atoms with Gasteiger partial charge in [0.2, 0.25) is 5.91 Å². The number of amides is 1. The zero-order chi connectivity index (χ0) is 26.5. The molecule has 1 fully saturated rings. The maximum Gasteiger partial charge on any atom is 0.419 e. The van der Waals surface area contributed by atoms with Crippen molar-refractivity contribution in [3.05, 3.63) is 53.9 Å². The summed E-state index contributed by atoms with van der Waals surface area (Å²) in [6.45, 7) is 6.37. The number of alkyl halides is 3. The minimum Gasteiger partial charge on any atom is -0.456 e. The van der Waals surface area contributed by atoms with Crippen molar-refractivity contribution in [2.24, 2.45) is 5.92 Å². The summed E-state index contributed by atoms with van der Waals surface area (Å²) in [6, 6.07) is 7.52. The molecule has 1 aromatic heterocycles. The SMILES string of the molecule is CN(CC1CCN(C(=O)CNc2cccc(C(=O)OC(C)(C)C)c2C(F)(F)F)CC1)c1ccncc1. The Hall–Kier alpha value is -3.30. The molecule has 0 radical (unpaired) electrons. The van der Waals surface area contributed by atoms with Crippen LogP contribution in [-0.2, 0) is 15.7 Å². The largest absolute Gasteiger partial charge is 0.456 e. The van der Waals surface area contributed by atoms with Crippen LogP contribution in [-0.4, -0.2) is 60.6 Å². The molecule has 3 rings (SSSR count). The van der Waals surface area contributed by atoms with E-state index < -0.39 is 28.9 Å². The third-order valence-electron chi connectivity index (χ3n) is 6.00. The number of nitrogens with one attached hydrogen (secondary N) is 1. The lowest BCUT2D eigenvalue weighted by molar-refractivity contribution is -0.138. The van der Waals surface area contributed by atoms with E-state index in [1.807, 2.05) is 19.2 Å². The van der Waals surface area contributed by atoms with Gasteiger partial charge in [-0.1, -0.05) is 6.07 Å². The molecule has 0 spiro atoms. The molecule has 1 aromatic carbocycles. The number of halogens is 3. The second-order valence-corrected chi connectivity index (χ2v) is 9.99. The number of piperidine rings is 1. The Bertz CT molecular complexity index is 1050. The summed E-state index contributed by atoms with van der Waals surface area (Å²) in [5.41, 5.74) is -1.92. The molecular weight excluding hydrogens is 473 g/mol. The van der Waals surface area contributed by atoms with Crippen molar-refractivity contribution in [1.29, 1.82) is 0 Å². The lowest BCUT2D eigenvalue weighted by Crippen LogP contribution is -2.43. The van der Waals surface area contributed by atoms with Gasteiger partial charge >= 0.3 is 12.1 Å². The van der Waals surface area contributed by atoms with Crippen molar-refractivity contribution >= 4 is 23.3 Å². The zero-order valence-electron chi connectivity index (χ0n) is 21.1. The van der Waals surface area contributed by atoms with Gasteiger partial charge in [0.1, 0.15) is 5.60 Å². The standard InChI is InChI=1S/C26H33F3N4O3/c1-25(2,3)36-24(35)20-6-5-7-21(23(20)26(27,28)29)31-16-22(34)33-14-10-18(11-15-33)17-32(4)19-8-12-30-13-9-19/h5-9,12-13,18,31H,10-11,14-17H2,1-4H3. The number of benzene rings is 1. The third kappa shape index (κ3) is 7.35. The molecule has 1 aliphatic heterocycles. The van der Waals surface area contributed by atoms with Crippen LogP contribution in [0.4, 0.5) is 24.5 Å². The van der Waals surface area contributed by atoms with Gasteiger partial charge in [0.25, 0.3) is 0 Å². The predicted molar refractivity (Wildman–Crippen MR) is 132 cm³/mol. The monoisotopic (exact) mass is 506 g/mol. The minimum atomic E-state index is -4.81. The van der Waals surface area contributed by atoms with Crippen molar-refractivity contribution in [2.75, 3.05) is 43.4 Å². The number of anilines is 2. The summed E-state index contributed by atoms with van der Waals surface area (Å²) in [6.07, 6.45) is 0.297. The van der Waals surface area contributed by atoms with E-state index >= 15 is 0 Å². The second kappa shape index (κ2) is 11.2. The number of carbonyl (C=O) groups is 2. The van der Waals surface area contributed by atoms with Crippen LogP contribution in [0.15, 0.2) is 42.7 Å². The fraction of sp³-hybridized carbons (Fsp3) is 0.500. The first-order chi connectivity index (χ1) is 16.8. The maximum atomic E-state index is 13.9. The number of aromatic nitrogens is 1. The summed E-state index contributed by atoms with van der Waals surface area (Å²) in [5, 5.41) is 2.61. The molecular formula is C26H33F3N4O3. The van der Waals surface area contributed by atoms with Crippen LogP contribution in [0.5, 0.6) is 0 Å². The van der Waals surface area contributed by atoms with Gasteiger partial charge in [-0.15, -0.1) is 0 Å². The van der Waals surface area contributed by atoms with E-state index in [1.165, 1.54) is 12.1 Å². The predicted octanol–water partition coefficient (Wildman–Crippen LogP) is 4.84. The van der Waals surface area contributed by atoms with Gasteiger partial charge in [-0.2, -0.15) is 13.2 Å². The number of rotatable bonds is 7. The first kappa shape index (κ1) is 27.3. The van der Waals surface area contributed by atoms with E-state index in [1.54, 1.807) is 38.1 Å². The zero-order valence-corrected chi connectivity index (χ0v) is 21.1. The molecule has 1 N–H and O–H groups in total. The Morgan fingerprint density at radius 3 is 2.33 bits per heavy atom. The maximum absolute atomic E-state index is 13.9. The average Bonchev–Trinajstić information content (AvgIpc) is 2.81. The van der Waals surface area contributed by atoms with E-state index in [0.29, 0.717) is 19.0 Å². The van der Waals surface area contributed by atoms with Gasteiger partial charge in [0.15, 0.2) is 0 Å². The van der Waals surface area contributed by atoms with E-state index in [4.69, 9.17) is 4.74 Å². The highest BCUT2D eigenvalue weighted by atomic mass is 19.4. The van der Waals surface area contributed by atoms with E-state index in [2.05, 4.69) is 15.2 Å². The van der Waals surface area contributed by atoms with E-state index in [-0.39, 0.29) is 18.1 Å². The molecule has 7 nitrogen and oxygen atoms in total. The number of hydrogen-bond donors (Lipinski definition) is 1. The van der Waals surface area contributed by atoms with Gasteiger partial charge in [0.05, 0.1) is 17.7 Å². The smallest absolute Gasteiger partial charge is 0.419 e. The quantitative estimate of drug-likeness (QED) is 0.542. The van der Waals surface area contributed by atoms with Gasteiger partial charge in [-0.25, -0.2) is 4.79 Å². The molecule has 10 heteroatoms. The normalized spacial score (nSPS) is 14.9. The highest BCUT2D eigenvalue weighted by Crippen LogP contribution is 2.38. The molecule has 36 heavy (non-hydrogen) atoms. The van der Waals surface area contributed by atoms with Crippen LogP contribution < -0.4 is 10.2 Å². The number of carbonyl (C=O) groups excluding carboxylic acids is 2. The Morgan fingerprint density at radius 1 is 1.11 bits per heavy atom. The fourth-order valence-electron chi connectivity index (χ4n) is 4.25.